The van der Waals surface area contributed by atoms with Crippen LogP contribution < -0.4 is 0 Å². The Labute approximate surface area is 196 Å². The van der Waals surface area contributed by atoms with Gasteiger partial charge < -0.3 is 14.2 Å². The van der Waals surface area contributed by atoms with E-state index in [1.807, 2.05) is 20.8 Å². The lowest BCUT2D eigenvalue weighted by Gasteiger charge is -2.32. The number of likely N-dealkylation sites (tertiary alicyclic amines) is 1. The molecular formula is C26H25N3O5. The maximum Gasteiger partial charge on any atom is 0.410 e. The average Bonchev–Trinajstić information content (AvgIpc) is 3.32. The Morgan fingerprint density at radius 1 is 0.971 bits per heavy atom. The lowest BCUT2D eigenvalue weighted by Crippen LogP contribution is -2.41. The molecule has 0 atom stereocenters. The van der Waals surface area contributed by atoms with Gasteiger partial charge in [0.15, 0.2) is 17.4 Å². The molecule has 2 heterocycles. The van der Waals surface area contributed by atoms with E-state index in [1.165, 1.54) is 0 Å². The molecule has 2 aliphatic rings. The van der Waals surface area contributed by atoms with E-state index in [2.05, 4.69) is 10.1 Å². The predicted molar refractivity (Wildman–Crippen MR) is 123 cm³/mol. The molecule has 174 valence electrons. The summed E-state index contributed by atoms with van der Waals surface area (Å²) in [7, 11) is 0. The van der Waals surface area contributed by atoms with Crippen LogP contribution >= 0.6 is 0 Å². The largest absolute Gasteiger partial charge is 0.444 e. The van der Waals surface area contributed by atoms with Crippen molar-refractivity contribution in [2.24, 2.45) is 0 Å². The van der Waals surface area contributed by atoms with Crippen molar-refractivity contribution in [1.29, 1.82) is 0 Å². The monoisotopic (exact) mass is 459 g/mol. The topological polar surface area (TPSA) is 103 Å². The number of carbonyl (C=O) groups is 3. The van der Waals surface area contributed by atoms with Crippen molar-refractivity contribution < 1.29 is 23.6 Å². The Bertz CT molecular complexity index is 1300. The van der Waals surface area contributed by atoms with Crippen molar-refractivity contribution in [3.05, 3.63) is 70.5 Å². The second kappa shape index (κ2) is 8.20. The van der Waals surface area contributed by atoms with Crippen LogP contribution in [0.15, 0.2) is 47.0 Å². The Morgan fingerprint density at radius 3 is 2.24 bits per heavy atom. The molecule has 3 aromatic rings. The molecule has 1 saturated heterocycles. The summed E-state index contributed by atoms with van der Waals surface area (Å²) >= 11 is 0. The second-order valence-electron chi connectivity index (χ2n) is 9.66. The highest BCUT2D eigenvalue weighted by molar-refractivity contribution is 6.28. The van der Waals surface area contributed by atoms with Crippen molar-refractivity contribution in [2.45, 2.75) is 45.1 Å². The van der Waals surface area contributed by atoms with Gasteiger partial charge in [0.25, 0.3) is 5.89 Å². The smallest absolute Gasteiger partial charge is 0.410 e. The van der Waals surface area contributed by atoms with Crippen LogP contribution in [0.4, 0.5) is 4.79 Å². The van der Waals surface area contributed by atoms with Crippen molar-refractivity contribution >= 4 is 17.7 Å². The number of ether oxygens (including phenoxy) is 1. The molecule has 1 aromatic heterocycles. The Hall–Kier alpha value is -3.81. The van der Waals surface area contributed by atoms with E-state index in [-0.39, 0.29) is 23.6 Å². The van der Waals surface area contributed by atoms with Gasteiger partial charge in [-0.3, -0.25) is 9.59 Å². The number of nitrogens with zero attached hydrogens (tertiary/aromatic N) is 3. The van der Waals surface area contributed by atoms with Crippen molar-refractivity contribution in [3.63, 3.8) is 0 Å². The lowest BCUT2D eigenvalue weighted by molar-refractivity contribution is 0.0202. The maximum atomic E-state index is 13.0. The van der Waals surface area contributed by atoms with Crippen LogP contribution in [0.25, 0.3) is 11.5 Å². The summed E-state index contributed by atoms with van der Waals surface area (Å²) in [5, 5.41) is 4.15. The molecule has 34 heavy (non-hydrogen) atoms. The molecule has 2 aromatic carbocycles. The fraction of sp³-hybridized carbons (Fsp3) is 0.346. The average molecular weight is 460 g/mol. The number of rotatable bonds is 2. The van der Waals surface area contributed by atoms with Crippen LogP contribution in [0.5, 0.6) is 0 Å². The second-order valence-corrected chi connectivity index (χ2v) is 9.66. The molecule has 0 N–H and O–H groups in total. The van der Waals surface area contributed by atoms with Crippen molar-refractivity contribution in [3.8, 4) is 11.5 Å². The zero-order chi connectivity index (χ0) is 24.0. The molecule has 0 radical (unpaired) electrons. The first kappa shape index (κ1) is 22.0. The minimum Gasteiger partial charge on any atom is -0.444 e. The molecule has 8 nitrogen and oxygen atoms in total. The van der Waals surface area contributed by atoms with Gasteiger partial charge in [-0.1, -0.05) is 29.4 Å². The maximum absolute atomic E-state index is 13.0. The van der Waals surface area contributed by atoms with Crippen LogP contribution in [-0.4, -0.2) is 51.4 Å². The van der Waals surface area contributed by atoms with Gasteiger partial charge in [-0.15, -0.1) is 0 Å². The van der Waals surface area contributed by atoms with Gasteiger partial charge in [0, 0.05) is 46.8 Å². The highest BCUT2D eigenvalue weighted by Gasteiger charge is 2.32. The number of aromatic nitrogens is 2. The van der Waals surface area contributed by atoms with Crippen LogP contribution in [-0.2, 0) is 4.74 Å². The number of benzene rings is 2. The van der Waals surface area contributed by atoms with Gasteiger partial charge in [0.1, 0.15) is 5.60 Å². The Kier molecular flexibility index (Phi) is 5.31. The number of ketones is 2. The van der Waals surface area contributed by atoms with Gasteiger partial charge in [-0.05, 0) is 51.8 Å². The third-order valence-electron chi connectivity index (χ3n) is 6.13. The third kappa shape index (κ3) is 4.00. The van der Waals surface area contributed by atoms with Gasteiger partial charge in [-0.25, -0.2) is 4.79 Å². The minimum absolute atomic E-state index is 0.0592. The van der Waals surface area contributed by atoms with Crippen LogP contribution in [0.1, 0.15) is 77.2 Å². The zero-order valence-corrected chi connectivity index (χ0v) is 19.3. The first-order valence-corrected chi connectivity index (χ1v) is 11.4. The van der Waals surface area contributed by atoms with Crippen LogP contribution in [0, 0.1) is 0 Å². The van der Waals surface area contributed by atoms with Gasteiger partial charge in [0.05, 0.1) is 0 Å². The van der Waals surface area contributed by atoms with Gasteiger partial charge in [0.2, 0.25) is 0 Å². The molecule has 8 heteroatoms. The summed E-state index contributed by atoms with van der Waals surface area (Å²) in [4.78, 5) is 44.4. The molecular weight excluding hydrogens is 434 g/mol. The van der Waals surface area contributed by atoms with Gasteiger partial charge >= 0.3 is 6.09 Å². The minimum atomic E-state index is -0.528. The van der Waals surface area contributed by atoms with Crippen LogP contribution in [0.3, 0.4) is 0 Å². The van der Waals surface area contributed by atoms with Gasteiger partial charge in [-0.2, -0.15) is 4.98 Å². The first-order chi connectivity index (χ1) is 16.2. The van der Waals surface area contributed by atoms with Crippen molar-refractivity contribution in [1.82, 2.24) is 15.0 Å². The van der Waals surface area contributed by atoms with E-state index in [1.54, 1.807) is 47.4 Å². The quantitative estimate of drug-likeness (QED) is 0.431. The molecule has 0 unspecified atom stereocenters. The standard InChI is InChI=1S/C26H25N3O5/c1-26(2,3)33-25(32)29-12-10-15(11-13-29)23-27-24(34-28-23)16-8-9-19-20(14-16)22(31)18-7-5-4-6-17(18)21(19)30/h4-9,14-15H,10-13H2,1-3H3. The predicted octanol–water partition coefficient (Wildman–Crippen LogP) is 4.63. The van der Waals surface area contributed by atoms with E-state index in [0.29, 0.717) is 65.5 Å². The number of amides is 1. The number of carbonyl (C=O) groups excluding carboxylic acids is 3. The summed E-state index contributed by atoms with van der Waals surface area (Å²) in [5.74, 6) is 0.570. The van der Waals surface area contributed by atoms with E-state index in [0.717, 1.165) is 0 Å². The van der Waals surface area contributed by atoms with E-state index in [9.17, 15) is 14.4 Å². The molecule has 1 aliphatic heterocycles. The number of fused-ring (bicyclic) bond motifs is 2. The molecule has 5 rings (SSSR count). The number of piperidine rings is 1. The highest BCUT2D eigenvalue weighted by Crippen LogP contribution is 2.32. The lowest BCUT2D eigenvalue weighted by atomic mass is 9.83. The summed E-state index contributed by atoms with van der Waals surface area (Å²) in [5.41, 5.74) is 1.60. The molecule has 0 saturated carbocycles. The van der Waals surface area contributed by atoms with E-state index in [4.69, 9.17) is 9.26 Å². The van der Waals surface area contributed by atoms with Crippen molar-refractivity contribution in [2.75, 3.05) is 13.1 Å². The zero-order valence-electron chi connectivity index (χ0n) is 19.3. The van der Waals surface area contributed by atoms with E-state index >= 15 is 0 Å². The molecule has 0 spiro atoms. The molecule has 1 amide bonds. The normalized spacial score (nSPS) is 16.3. The van der Waals surface area contributed by atoms with Crippen LogP contribution in [0.2, 0.25) is 0 Å². The number of hydrogen-bond acceptors (Lipinski definition) is 7. The SMILES string of the molecule is CC(C)(C)OC(=O)N1CCC(c2noc(-c3ccc4c(c3)C(=O)c3ccccc3C4=O)n2)CC1. The Morgan fingerprint density at radius 2 is 1.59 bits per heavy atom. The molecule has 1 aliphatic carbocycles. The summed E-state index contributed by atoms with van der Waals surface area (Å²) in [6.45, 7) is 6.65. The third-order valence-corrected chi connectivity index (χ3v) is 6.13. The van der Waals surface area contributed by atoms with E-state index < -0.39 is 5.60 Å². The highest BCUT2D eigenvalue weighted by atomic mass is 16.6. The number of hydrogen-bond donors (Lipinski definition) is 0. The first-order valence-electron chi connectivity index (χ1n) is 11.4. The molecule has 1 fully saturated rings. The summed E-state index contributed by atoms with van der Waals surface area (Å²) in [6.07, 6.45) is 1.09. The molecule has 0 bridgehead atoms. The summed E-state index contributed by atoms with van der Waals surface area (Å²) < 4.78 is 11.0. The fourth-order valence-corrected chi connectivity index (χ4v) is 4.40. The summed E-state index contributed by atoms with van der Waals surface area (Å²) in [6, 6.07) is 11.8. The fourth-order valence-electron chi connectivity index (χ4n) is 4.40. The Balaban J connectivity index is 1.32.